The predicted octanol–water partition coefficient (Wildman–Crippen LogP) is 6.07. The van der Waals surface area contributed by atoms with Crippen molar-refractivity contribution in [2.75, 3.05) is 5.32 Å². The molecule has 3 aromatic rings. The highest BCUT2D eigenvalue weighted by Crippen LogP contribution is 2.41. The molecule has 1 aliphatic heterocycles. The maximum Gasteiger partial charge on any atom is 0.206 e. The Labute approximate surface area is 177 Å². The molecule has 1 aliphatic rings. The Morgan fingerprint density at radius 2 is 1.89 bits per heavy atom. The molecule has 0 bridgehead atoms. The van der Waals surface area contributed by atoms with E-state index >= 15 is 0 Å². The first-order chi connectivity index (χ1) is 13.6. The number of fused-ring (bicyclic) bond motifs is 1. The van der Waals surface area contributed by atoms with Crippen LogP contribution in [0, 0.1) is 6.92 Å². The Bertz CT molecular complexity index is 1060. The molecule has 5 nitrogen and oxygen atoms in total. The van der Waals surface area contributed by atoms with Crippen LogP contribution in [0.15, 0.2) is 64.6 Å². The van der Waals surface area contributed by atoms with Crippen LogP contribution in [-0.4, -0.2) is 10.9 Å². The minimum absolute atomic E-state index is 0.359. The Kier molecular flexibility index (Phi) is 5.62. The van der Waals surface area contributed by atoms with Gasteiger partial charge < -0.3 is 10.1 Å². The average Bonchev–Trinajstić information content (AvgIpc) is 2.69. The largest absolute Gasteiger partial charge is 0.454 e. The van der Waals surface area contributed by atoms with Gasteiger partial charge in [0.05, 0.1) is 32.9 Å². The number of hydrogen-bond donors (Lipinski definition) is 2. The molecule has 8 heteroatoms. The Morgan fingerprint density at radius 3 is 2.71 bits per heavy atom. The van der Waals surface area contributed by atoms with E-state index in [9.17, 15) is 0 Å². The second-order valence-electron chi connectivity index (χ2n) is 6.09. The summed E-state index contributed by atoms with van der Waals surface area (Å²) in [5.74, 6) is 1.88. The zero-order valence-corrected chi connectivity index (χ0v) is 17.2. The van der Waals surface area contributed by atoms with Crippen LogP contribution in [0.25, 0.3) is 0 Å². The number of para-hydroxylation sites is 1. The molecule has 0 amide bonds. The molecular formula is C20H16Cl2N4OS. The molecule has 2 heterocycles. The van der Waals surface area contributed by atoms with E-state index in [0.29, 0.717) is 39.7 Å². The fourth-order valence-corrected chi connectivity index (χ4v) is 3.84. The number of aliphatic imine (C=N–C) groups is 1. The number of halogens is 2. The lowest BCUT2D eigenvalue weighted by atomic mass is 10.2. The molecule has 0 radical (unpaired) electrons. The minimum Gasteiger partial charge on any atom is -0.454 e. The maximum atomic E-state index is 6.25. The van der Waals surface area contributed by atoms with Gasteiger partial charge in [-0.3, -0.25) is 9.71 Å². The van der Waals surface area contributed by atoms with Crippen LogP contribution in [0.3, 0.4) is 0 Å². The third-order valence-electron chi connectivity index (χ3n) is 3.99. The number of rotatable bonds is 4. The molecule has 0 spiro atoms. The molecule has 0 unspecified atom stereocenters. The summed E-state index contributed by atoms with van der Waals surface area (Å²) in [5, 5.41) is 4.45. The Balaban J connectivity index is 1.61. The van der Waals surface area contributed by atoms with Crippen molar-refractivity contribution in [1.82, 2.24) is 9.71 Å². The van der Waals surface area contributed by atoms with E-state index in [1.54, 1.807) is 24.4 Å². The fourth-order valence-electron chi connectivity index (χ4n) is 2.66. The van der Waals surface area contributed by atoms with Gasteiger partial charge in [0.2, 0.25) is 5.96 Å². The van der Waals surface area contributed by atoms with Crippen molar-refractivity contribution in [1.29, 1.82) is 0 Å². The number of aryl methyl sites for hydroxylation is 1. The molecule has 0 aliphatic carbocycles. The van der Waals surface area contributed by atoms with Gasteiger partial charge in [-0.2, -0.15) is 0 Å². The van der Waals surface area contributed by atoms with Gasteiger partial charge >= 0.3 is 0 Å². The van der Waals surface area contributed by atoms with Gasteiger partial charge in [-0.05, 0) is 60.8 Å². The third kappa shape index (κ3) is 4.19. The topological polar surface area (TPSA) is 58.5 Å². The third-order valence-corrected chi connectivity index (χ3v) is 5.48. The van der Waals surface area contributed by atoms with Crippen molar-refractivity contribution in [3.8, 4) is 11.5 Å². The standard InChI is InChI=1S/C20H16Cl2N4OS/c1-12-9-17(27-16-7-3-2-5-14(16)22)19-18(10-12)28-26-20(25-19)24-11-15-13(21)6-4-8-23-15/h2-10H,11H2,1H3,(H2,24,25,26). The number of hydrogen-bond acceptors (Lipinski definition) is 4. The van der Waals surface area contributed by atoms with Crippen molar-refractivity contribution in [3.05, 3.63) is 76.0 Å². The van der Waals surface area contributed by atoms with Gasteiger partial charge in [0.1, 0.15) is 5.75 Å². The molecule has 28 heavy (non-hydrogen) atoms. The highest BCUT2D eigenvalue weighted by atomic mass is 35.5. The quantitative estimate of drug-likeness (QED) is 0.492. The first-order valence-corrected chi connectivity index (χ1v) is 10.1. The number of anilines is 1. The first kappa shape index (κ1) is 18.9. The highest BCUT2D eigenvalue weighted by Gasteiger charge is 2.20. The van der Waals surface area contributed by atoms with Crippen LogP contribution in [0.5, 0.6) is 11.5 Å². The Morgan fingerprint density at radius 1 is 1.07 bits per heavy atom. The van der Waals surface area contributed by atoms with Crippen molar-refractivity contribution >= 4 is 46.8 Å². The lowest BCUT2D eigenvalue weighted by molar-refractivity contribution is 0.483. The summed E-state index contributed by atoms with van der Waals surface area (Å²) in [6.45, 7) is 2.38. The van der Waals surface area contributed by atoms with Gasteiger partial charge in [-0.25, -0.2) is 4.99 Å². The van der Waals surface area contributed by atoms with E-state index in [1.165, 1.54) is 11.9 Å². The van der Waals surface area contributed by atoms with Crippen molar-refractivity contribution in [2.24, 2.45) is 4.99 Å². The minimum atomic E-state index is 0.359. The summed E-state index contributed by atoms with van der Waals surface area (Å²) >= 11 is 13.9. The summed E-state index contributed by atoms with van der Waals surface area (Å²) in [5.41, 5.74) is 2.63. The van der Waals surface area contributed by atoms with Crippen LogP contribution in [0.1, 0.15) is 11.3 Å². The van der Waals surface area contributed by atoms with E-state index in [0.717, 1.165) is 16.1 Å². The molecule has 1 aromatic heterocycles. The molecule has 2 aromatic carbocycles. The van der Waals surface area contributed by atoms with Gasteiger partial charge in [-0.15, -0.1) is 0 Å². The average molecular weight is 431 g/mol. The Hall–Kier alpha value is -2.41. The van der Waals surface area contributed by atoms with Crippen LogP contribution in [-0.2, 0) is 6.54 Å². The molecule has 4 rings (SSSR count). The van der Waals surface area contributed by atoms with Crippen LogP contribution < -0.4 is 14.8 Å². The van der Waals surface area contributed by atoms with Gasteiger partial charge in [-0.1, -0.05) is 35.3 Å². The van der Waals surface area contributed by atoms with E-state index in [2.05, 4.69) is 26.1 Å². The number of guanidine groups is 1. The second kappa shape index (κ2) is 8.31. The number of ether oxygens (including phenoxy) is 1. The highest BCUT2D eigenvalue weighted by molar-refractivity contribution is 7.98. The zero-order valence-electron chi connectivity index (χ0n) is 14.9. The predicted molar refractivity (Wildman–Crippen MR) is 116 cm³/mol. The number of nitrogens with one attached hydrogen (secondary N) is 2. The van der Waals surface area contributed by atoms with E-state index in [4.69, 9.17) is 27.9 Å². The molecular weight excluding hydrogens is 415 g/mol. The first-order valence-electron chi connectivity index (χ1n) is 8.51. The molecule has 0 fully saturated rings. The second-order valence-corrected chi connectivity index (χ2v) is 7.76. The summed E-state index contributed by atoms with van der Waals surface area (Å²) in [7, 11) is 0. The van der Waals surface area contributed by atoms with E-state index < -0.39 is 0 Å². The fraction of sp³-hybridized carbons (Fsp3) is 0.100. The van der Waals surface area contributed by atoms with Crippen LogP contribution >= 0.6 is 35.1 Å². The zero-order chi connectivity index (χ0) is 19.5. The molecule has 0 saturated carbocycles. The number of benzene rings is 2. The summed E-state index contributed by atoms with van der Waals surface area (Å²) < 4.78 is 9.29. The van der Waals surface area contributed by atoms with Gasteiger partial charge in [0.25, 0.3) is 0 Å². The van der Waals surface area contributed by atoms with E-state index in [1.807, 2.05) is 31.2 Å². The molecule has 142 valence electrons. The van der Waals surface area contributed by atoms with Gasteiger partial charge in [0, 0.05) is 6.20 Å². The molecule has 0 saturated heterocycles. The number of nitrogens with zero attached hydrogens (tertiary/aromatic N) is 2. The summed E-state index contributed by atoms with van der Waals surface area (Å²) in [6.07, 6.45) is 1.70. The summed E-state index contributed by atoms with van der Waals surface area (Å²) in [4.78, 5) is 9.82. The SMILES string of the molecule is Cc1cc(Oc2ccccc2Cl)c2c(c1)SNC(=NCc1ncccc1Cl)N2. The number of pyridine rings is 1. The van der Waals surface area contributed by atoms with Crippen LogP contribution in [0.2, 0.25) is 10.0 Å². The van der Waals surface area contributed by atoms with Crippen molar-refractivity contribution in [2.45, 2.75) is 18.4 Å². The molecule has 0 atom stereocenters. The lowest BCUT2D eigenvalue weighted by Gasteiger charge is -2.23. The molecule has 2 N–H and O–H groups in total. The van der Waals surface area contributed by atoms with Crippen molar-refractivity contribution in [3.63, 3.8) is 0 Å². The normalized spacial score (nSPS) is 14.2. The smallest absolute Gasteiger partial charge is 0.206 e. The monoisotopic (exact) mass is 430 g/mol. The van der Waals surface area contributed by atoms with Gasteiger partial charge in [0.15, 0.2) is 5.75 Å². The number of aromatic nitrogens is 1. The summed E-state index contributed by atoms with van der Waals surface area (Å²) in [6, 6.07) is 15.0. The van der Waals surface area contributed by atoms with Crippen LogP contribution in [0.4, 0.5) is 5.69 Å². The van der Waals surface area contributed by atoms with E-state index in [-0.39, 0.29) is 0 Å². The maximum absolute atomic E-state index is 6.25. The lowest BCUT2D eigenvalue weighted by Crippen LogP contribution is -2.29. The van der Waals surface area contributed by atoms with Crippen molar-refractivity contribution < 1.29 is 4.74 Å².